The molecule has 2 aromatic rings. The molecule has 6 heteroatoms. The number of ether oxygens (including phenoxy) is 1. The molecule has 3 heterocycles. The summed E-state index contributed by atoms with van der Waals surface area (Å²) in [5, 5.41) is 4.99. The molecule has 0 radical (unpaired) electrons. The number of morpholine rings is 1. The lowest BCUT2D eigenvalue weighted by Gasteiger charge is -2.29. The Balaban J connectivity index is 1.55. The van der Waals surface area contributed by atoms with Crippen LogP contribution in [0.5, 0.6) is 0 Å². The molecule has 1 aliphatic heterocycles. The van der Waals surface area contributed by atoms with Crippen molar-refractivity contribution in [2.24, 2.45) is 5.92 Å². The first-order valence-corrected chi connectivity index (χ1v) is 8.05. The van der Waals surface area contributed by atoms with E-state index in [4.69, 9.17) is 16.3 Å². The van der Waals surface area contributed by atoms with Crippen LogP contribution in [0.25, 0.3) is 11.0 Å². The third-order valence-corrected chi connectivity index (χ3v) is 4.02. The van der Waals surface area contributed by atoms with Crippen molar-refractivity contribution in [1.29, 1.82) is 0 Å². The fraction of sp³-hybridized carbons (Fsp3) is 0.500. The number of fused-ring (bicyclic) bond motifs is 1. The van der Waals surface area contributed by atoms with Crippen molar-refractivity contribution in [2.75, 3.05) is 44.7 Å². The van der Waals surface area contributed by atoms with E-state index in [1.54, 1.807) is 6.20 Å². The Bertz CT molecular complexity index is 631. The quantitative estimate of drug-likeness (QED) is 0.918. The van der Waals surface area contributed by atoms with Gasteiger partial charge in [0.2, 0.25) is 0 Å². The molecular weight excluding hydrogens is 300 g/mol. The molecule has 0 spiro atoms. The van der Waals surface area contributed by atoms with Gasteiger partial charge in [0.25, 0.3) is 0 Å². The number of rotatable bonds is 5. The molecule has 1 aliphatic rings. The summed E-state index contributed by atoms with van der Waals surface area (Å²) >= 11 is 5.93. The van der Waals surface area contributed by atoms with Crippen LogP contribution in [-0.2, 0) is 4.74 Å². The molecule has 1 fully saturated rings. The first-order valence-electron chi connectivity index (χ1n) is 7.67. The summed E-state index contributed by atoms with van der Waals surface area (Å²) in [7, 11) is 0. The minimum Gasteiger partial charge on any atom is -0.379 e. The summed E-state index contributed by atoms with van der Waals surface area (Å²) in [6.07, 6.45) is 1.63. The zero-order valence-electron chi connectivity index (χ0n) is 12.8. The van der Waals surface area contributed by atoms with E-state index >= 15 is 0 Å². The predicted molar refractivity (Wildman–Crippen MR) is 89.5 cm³/mol. The Morgan fingerprint density at radius 3 is 3.00 bits per heavy atom. The molecule has 0 aromatic carbocycles. The highest BCUT2D eigenvalue weighted by Crippen LogP contribution is 2.17. The summed E-state index contributed by atoms with van der Waals surface area (Å²) in [6, 6.07) is 5.85. The van der Waals surface area contributed by atoms with E-state index in [2.05, 4.69) is 27.1 Å². The summed E-state index contributed by atoms with van der Waals surface area (Å²) < 4.78 is 5.38. The Kier molecular flexibility index (Phi) is 5.08. The van der Waals surface area contributed by atoms with E-state index < -0.39 is 0 Å². The van der Waals surface area contributed by atoms with Gasteiger partial charge in [0.15, 0.2) is 5.65 Å². The van der Waals surface area contributed by atoms with Gasteiger partial charge in [-0.15, -0.1) is 0 Å². The van der Waals surface area contributed by atoms with Crippen LogP contribution >= 0.6 is 11.6 Å². The molecule has 1 unspecified atom stereocenters. The molecule has 0 saturated carbocycles. The lowest BCUT2D eigenvalue weighted by Crippen LogP contribution is -2.40. The van der Waals surface area contributed by atoms with Crippen molar-refractivity contribution in [3.63, 3.8) is 0 Å². The van der Waals surface area contributed by atoms with E-state index in [-0.39, 0.29) is 0 Å². The van der Waals surface area contributed by atoms with E-state index in [1.807, 2.05) is 18.2 Å². The molecule has 3 rings (SSSR count). The number of pyridine rings is 2. The Morgan fingerprint density at radius 1 is 1.36 bits per heavy atom. The van der Waals surface area contributed by atoms with E-state index in [0.717, 1.165) is 56.2 Å². The lowest BCUT2D eigenvalue weighted by atomic mass is 10.1. The zero-order chi connectivity index (χ0) is 15.4. The van der Waals surface area contributed by atoms with Crippen molar-refractivity contribution < 1.29 is 4.74 Å². The largest absolute Gasteiger partial charge is 0.379 e. The van der Waals surface area contributed by atoms with Gasteiger partial charge in [0.1, 0.15) is 5.82 Å². The smallest absolute Gasteiger partial charge is 0.161 e. The standard InChI is InChI=1S/C16H21ClN4O/c1-12(11-21-4-6-22-7-5-21)9-18-15-3-2-13-8-14(17)10-19-16(13)20-15/h2-3,8,10,12H,4-7,9,11H2,1H3,(H,18,19,20). The predicted octanol–water partition coefficient (Wildman–Crippen LogP) is 2.66. The Labute approximate surface area is 135 Å². The second-order valence-corrected chi connectivity index (χ2v) is 6.23. The molecule has 118 valence electrons. The van der Waals surface area contributed by atoms with Crippen LogP contribution in [0.2, 0.25) is 5.02 Å². The topological polar surface area (TPSA) is 50.3 Å². The maximum atomic E-state index is 5.93. The van der Waals surface area contributed by atoms with Crippen molar-refractivity contribution >= 4 is 28.5 Å². The fourth-order valence-electron chi connectivity index (χ4n) is 2.65. The number of nitrogens with one attached hydrogen (secondary N) is 1. The van der Waals surface area contributed by atoms with Crippen molar-refractivity contribution in [1.82, 2.24) is 14.9 Å². The maximum absolute atomic E-state index is 5.93. The molecule has 0 aliphatic carbocycles. The first-order chi connectivity index (χ1) is 10.7. The number of halogens is 1. The van der Waals surface area contributed by atoms with Crippen LogP contribution in [0.4, 0.5) is 5.82 Å². The van der Waals surface area contributed by atoms with Gasteiger partial charge in [-0.2, -0.15) is 0 Å². The maximum Gasteiger partial charge on any atom is 0.161 e. The molecule has 0 amide bonds. The highest BCUT2D eigenvalue weighted by atomic mass is 35.5. The average molecular weight is 321 g/mol. The summed E-state index contributed by atoms with van der Waals surface area (Å²) in [6.45, 7) is 7.98. The Morgan fingerprint density at radius 2 is 2.18 bits per heavy atom. The number of hydrogen-bond acceptors (Lipinski definition) is 5. The number of hydrogen-bond donors (Lipinski definition) is 1. The highest BCUT2D eigenvalue weighted by Gasteiger charge is 2.13. The SMILES string of the molecule is CC(CNc1ccc2cc(Cl)cnc2n1)CN1CCOCC1. The van der Waals surface area contributed by atoms with Gasteiger partial charge in [0.05, 0.1) is 18.2 Å². The van der Waals surface area contributed by atoms with Crippen LogP contribution in [0.3, 0.4) is 0 Å². The summed E-state index contributed by atoms with van der Waals surface area (Å²) in [5.41, 5.74) is 0.718. The molecule has 1 saturated heterocycles. The normalized spacial score (nSPS) is 17.5. The monoisotopic (exact) mass is 320 g/mol. The second kappa shape index (κ2) is 7.22. The molecule has 1 atom stereocenters. The van der Waals surface area contributed by atoms with Gasteiger partial charge < -0.3 is 10.1 Å². The van der Waals surface area contributed by atoms with E-state index in [9.17, 15) is 0 Å². The third-order valence-electron chi connectivity index (χ3n) is 3.81. The minimum atomic E-state index is 0.550. The van der Waals surface area contributed by atoms with Gasteiger partial charge in [0, 0.05) is 37.8 Å². The number of anilines is 1. The van der Waals surface area contributed by atoms with E-state index in [1.165, 1.54) is 0 Å². The van der Waals surface area contributed by atoms with Crippen LogP contribution in [0, 0.1) is 5.92 Å². The average Bonchev–Trinajstić information content (AvgIpc) is 2.54. The number of nitrogens with zero attached hydrogens (tertiary/aromatic N) is 3. The van der Waals surface area contributed by atoms with Gasteiger partial charge in [-0.05, 0) is 24.1 Å². The number of aromatic nitrogens is 2. The molecule has 22 heavy (non-hydrogen) atoms. The van der Waals surface area contributed by atoms with Gasteiger partial charge >= 0.3 is 0 Å². The van der Waals surface area contributed by atoms with Gasteiger partial charge in [-0.25, -0.2) is 9.97 Å². The molecular formula is C16H21ClN4O. The second-order valence-electron chi connectivity index (χ2n) is 5.80. The van der Waals surface area contributed by atoms with Crippen LogP contribution in [0.1, 0.15) is 6.92 Å². The van der Waals surface area contributed by atoms with Crippen molar-refractivity contribution in [2.45, 2.75) is 6.92 Å². The van der Waals surface area contributed by atoms with Crippen LogP contribution in [-0.4, -0.2) is 54.3 Å². The fourth-order valence-corrected chi connectivity index (χ4v) is 2.82. The van der Waals surface area contributed by atoms with Gasteiger partial charge in [-0.1, -0.05) is 18.5 Å². The molecule has 5 nitrogen and oxygen atoms in total. The molecule has 1 N–H and O–H groups in total. The van der Waals surface area contributed by atoms with E-state index in [0.29, 0.717) is 10.9 Å². The molecule has 2 aromatic heterocycles. The van der Waals surface area contributed by atoms with Crippen molar-refractivity contribution in [3.8, 4) is 0 Å². The minimum absolute atomic E-state index is 0.550. The molecule has 0 bridgehead atoms. The van der Waals surface area contributed by atoms with Crippen molar-refractivity contribution in [3.05, 3.63) is 29.4 Å². The summed E-state index contributed by atoms with van der Waals surface area (Å²) in [5.74, 6) is 1.41. The zero-order valence-corrected chi connectivity index (χ0v) is 13.5. The highest BCUT2D eigenvalue weighted by molar-refractivity contribution is 6.31. The van der Waals surface area contributed by atoms with Crippen LogP contribution in [0.15, 0.2) is 24.4 Å². The van der Waals surface area contributed by atoms with Crippen LogP contribution < -0.4 is 5.32 Å². The summed E-state index contributed by atoms with van der Waals surface area (Å²) in [4.78, 5) is 11.2. The Hall–Kier alpha value is -1.43. The van der Waals surface area contributed by atoms with Gasteiger partial charge in [-0.3, -0.25) is 4.90 Å². The first kappa shape index (κ1) is 15.5. The lowest BCUT2D eigenvalue weighted by molar-refractivity contribution is 0.0325. The third kappa shape index (κ3) is 4.06.